The molecule has 2 rings (SSSR count). The molecule has 1 aromatic rings. The SMILES string of the molecule is COCc1ccccc1NC(=O)N[C@H]1CC[C@@H](C(=O)O)C1. The largest absolute Gasteiger partial charge is 0.481 e. The number of methoxy groups -OCH3 is 1. The summed E-state index contributed by atoms with van der Waals surface area (Å²) in [5, 5.41) is 14.6. The molecule has 2 amide bonds. The third kappa shape index (κ3) is 4.19. The van der Waals surface area contributed by atoms with Crippen molar-refractivity contribution in [1.82, 2.24) is 5.32 Å². The number of aliphatic carboxylic acids is 1. The second-order valence-corrected chi connectivity index (χ2v) is 5.23. The molecule has 0 bridgehead atoms. The first kappa shape index (κ1) is 15.3. The summed E-state index contributed by atoms with van der Waals surface area (Å²) in [7, 11) is 1.60. The van der Waals surface area contributed by atoms with Gasteiger partial charge in [0, 0.05) is 24.4 Å². The van der Waals surface area contributed by atoms with Crippen molar-refractivity contribution in [1.29, 1.82) is 0 Å². The number of carboxylic acid groups (broad SMARTS) is 1. The summed E-state index contributed by atoms with van der Waals surface area (Å²) in [6.07, 6.45) is 1.80. The molecule has 0 aromatic heterocycles. The van der Waals surface area contributed by atoms with Crippen molar-refractivity contribution in [2.45, 2.75) is 31.9 Å². The van der Waals surface area contributed by atoms with Crippen LogP contribution in [0.3, 0.4) is 0 Å². The molecule has 114 valence electrons. The average Bonchev–Trinajstić information content (AvgIpc) is 2.90. The number of hydrogen-bond acceptors (Lipinski definition) is 3. The van der Waals surface area contributed by atoms with Gasteiger partial charge in [-0.3, -0.25) is 4.79 Å². The predicted molar refractivity (Wildman–Crippen MR) is 78.1 cm³/mol. The standard InChI is InChI=1S/C15H20N2O4/c1-21-9-11-4-2-3-5-13(11)17-15(20)16-12-7-6-10(8-12)14(18)19/h2-5,10,12H,6-9H2,1H3,(H,18,19)(H2,16,17,20)/t10-,12+/m1/s1. The van der Waals surface area contributed by atoms with E-state index in [-0.39, 0.29) is 18.0 Å². The molecule has 0 unspecified atom stereocenters. The third-order valence-electron chi connectivity index (χ3n) is 3.68. The fourth-order valence-electron chi connectivity index (χ4n) is 2.60. The Morgan fingerprint density at radius 2 is 2.10 bits per heavy atom. The lowest BCUT2D eigenvalue weighted by Crippen LogP contribution is -2.36. The van der Waals surface area contributed by atoms with Crippen LogP contribution in [-0.4, -0.2) is 30.3 Å². The molecule has 1 aliphatic carbocycles. The minimum atomic E-state index is -0.787. The van der Waals surface area contributed by atoms with Gasteiger partial charge in [-0.15, -0.1) is 0 Å². The van der Waals surface area contributed by atoms with E-state index in [2.05, 4.69) is 10.6 Å². The van der Waals surface area contributed by atoms with Gasteiger partial charge in [0.15, 0.2) is 0 Å². The van der Waals surface area contributed by atoms with E-state index in [1.54, 1.807) is 7.11 Å². The van der Waals surface area contributed by atoms with E-state index in [4.69, 9.17) is 9.84 Å². The Hall–Kier alpha value is -2.08. The number of carbonyl (C=O) groups excluding carboxylic acids is 1. The van der Waals surface area contributed by atoms with Crippen molar-refractivity contribution in [3.63, 3.8) is 0 Å². The summed E-state index contributed by atoms with van der Waals surface area (Å²) in [5.74, 6) is -1.14. The van der Waals surface area contributed by atoms with Crippen molar-refractivity contribution in [3.05, 3.63) is 29.8 Å². The summed E-state index contributed by atoms with van der Waals surface area (Å²) < 4.78 is 5.09. The topological polar surface area (TPSA) is 87.7 Å². The summed E-state index contributed by atoms with van der Waals surface area (Å²) in [6.45, 7) is 0.418. The molecule has 3 N–H and O–H groups in total. The lowest BCUT2D eigenvalue weighted by molar-refractivity contribution is -0.141. The summed E-state index contributed by atoms with van der Waals surface area (Å²) in [4.78, 5) is 22.9. The molecule has 2 atom stereocenters. The van der Waals surface area contributed by atoms with E-state index in [1.807, 2.05) is 24.3 Å². The van der Waals surface area contributed by atoms with Crippen molar-refractivity contribution in [3.8, 4) is 0 Å². The number of benzene rings is 1. The first-order valence-corrected chi connectivity index (χ1v) is 6.97. The van der Waals surface area contributed by atoms with Gasteiger partial charge in [0.1, 0.15) is 0 Å². The van der Waals surface area contributed by atoms with Crippen LogP contribution < -0.4 is 10.6 Å². The van der Waals surface area contributed by atoms with Crippen molar-refractivity contribution < 1.29 is 19.4 Å². The van der Waals surface area contributed by atoms with Crippen LogP contribution in [-0.2, 0) is 16.1 Å². The lowest BCUT2D eigenvalue weighted by atomic mass is 10.1. The number of carboxylic acids is 1. The van der Waals surface area contributed by atoms with E-state index in [9.17, 15) is 9.59 Å². The van der Waals surface area contributed by atoms with Crippen LogP contribution in [0.15, 0.2) is 24.3 Å². The normalized spacial score (nSPS) is 21.0. The van der Waals surface area contributed by atoms with E-state index in [0.29, 0.717) is 31.6 Å². The lowest BCUT2D eigenvalue weighted by Gasteiger charge is -2.15. The maximum atomic E-state index is 12.0. The molecule has 0 spiro atoms. The third-order valence-corrected chi connectivity index (χ3v) is 3.68. The minimum absolute atomic E-state index is 0.0827. The number of hydrogen-bond donors (Lipinski definition) is 3. The fraction of sp³-hybridized carbons (Fsp3) is 0.467. The molecule has 1 aliphatic rings. The molecule has 1 fully saturated rings. The van der Waals surface area contributed by atoms with Gasteiger partial charge in [-0.2, -0.15) is 0 Å². The Balaban J connectivity index is 1.89. The number of ether oxygens (including phenoxy) is 1. The van der Waals surface area contributed by atoms with Gasteiger partial charge in [0.25, 0.3) is 0 Å². The van der Waals surface area contributed by atoms with Crippen LogP contribution in [0.2, 0.25) is 0 Å². The zero-order valence-electron chi connectivity index (χ0n) is 12.0. The Morgan fingerprint density at radius 3 is 2.76 bits per heavy atom. The molecule has 0 radical (unpaired) electrons. The van der Waals surface area contributed by atoms with E-state index in [0.717, 1.165) is 5.56 Å². The van der Waals surface area contributed by atoms with Crippen molar-refractivity contribution in [2.24, 2.45) is 5.92 Å². The van der Waals surface area contributed by atoms with Gasteiger partial charge in [-0.1, -0.05) is 18.2 Å². The predicted octanol–water partition coefficient (Wildman–Crippen LogP) is 2.21. The first-order chi connectivity index (χ1) is 10.1. The number of nitrogens with one attached hydrogen (secondary N) is 2. The number of urea groups is 1. The van der Waals surface area contributed by atoms with Crippen molar-refractivity contribution >= 4 is 17.7 Å². The quantitative estimate of drug-likeness (QED) is 0.776. The second kappa shape index (κ2) is 7.08. The highest BCUT2D eigenvalue weighted by Crippen LogP contribution is 2.25. The number of rotatable bonds is 5. The van der Waals surface area contributed by atoms with Gasteiger partial charge in [0.05, 0.1) is 12.5 Å². The second-order valence-electron chi connectivity index (χ2n) is 5.23. The van der Waals surface area contributed by atoms with Gasteiger partial charge < -0.3 is 20.5 Å². The van der Waals surface area contributed by atoms with Crippen LogP contribution in [0, 0.1) is 5.92 Å². The van der Waals surface area contributed by atoms with Crippen LogP contribution >= 0.6 is 0 Å². The molecular weight excluding hydrogens is 272 g/mol. The Bertz CT molecular complexity index is 518. The maximum Gasteiger partial charge on any atom is 0.319 e. The van der Waals surface area contributed by atoms with Crippen LogP contribution in [0.25, 0.3) is 0 Å². The molecule has 0 saturated heterocycles. The molecule has 6 nitrogen and oxygen atoms in total. The molecule has 0 heterocycles. The Kier molecular flexibility index (Phi) is 5.16. The van der Waals surface area contributed by atoms with E-state index >= 15 is 0 Å². The number of carbonyl (C=O) groups is 2. The number of para-hydroxylation sites is 1. The molecule has 6 heteroatoms. The zero-order valence-corrected chi connectivity index (χ0v) is 12.0. The Labute approximate surface area is 123 Å². The first-order valence-electron chi connectivity index (χ1n) is 6.97. The highest BCUT2D eigenvalue weighted by molar-refractivity contribution is 5.90. The molecule has 0 aliphatic heterocycles. The highest BCUT2D eigenvalue weighted by atomic mass is 16.5. The van der Waals surface area contributed by atoms with Crippen LogP contribution in [0.5, 0.6) is 0 Å². The smallest absolute Gasteiger partial charge is 0.319 e. The summed E-state index contributed by atoms with van der Waals surface area (Å²) in [6, 6.07) is 7.02. The molecule has 21 heavy (non-hydrogen) atoms. The summed E-state index contributed by atoms with van der Waals surface area (Å²) >= 11 is 0. The van der Waals surface area contributed by atoms with Crippen LogP contribution in [0.1, 0.15) is 24.8 Å². The monoisotopic (exact) mass is 292 g/mol. The summed E-state index contributed by atoms with van der Waals surface area (Å²) in [5.41, 5.74) is 1.59. The van der Waals surface area contributed by atoms with Gasteiger partial charge >= 0.3 is 12.0 Å². The van der Waals surface area contributed by atoms with Gasteiger partial charge in [0.2, 0.25) is 0 Å². The maximum absolute atomic E-state index is 12.0. The average molecular weight is 292 g/mol. The molecule has 1 aromatic carbocycles. The number of amides is 2. The highest BCUT2D eigenvalue weighted by Gasteiger charge is 2.30. The molecule has 1 saturated carbocycles. The van der Waals surface area contributed by atoms with Crippen LogP contribution in [0.4, 0.5) is 10.5 Å². The van der Waals surface area contributed by atoms with Gasteiger partial charge in [-0.25, -0.2) is 4.79 Å². The van der Waals surface area contributed by atoms with Crippen molar-refractivity contribution in [2.75, 3.05) is 12.4 Å². The van der Waals surface area contributed by atoms with Gasteiger partial charge in [-0.05, 0) is 25.3 Å². The Morgan fingerprint density at radius 1 is 1.33 bits per heavy atom. The molecular formula is C15H20N2O4. The minimum Gasteiger partial charge on any atom is -0.481 e. The van der Waals surface area contributed by atoms with E-state index in [1.165, 1.54) is 0 Å². The number of anilines is 1. The fourth-order valence-corrected chi connectivity index (χ4v) is 2.60. The zero-order chi connectivity index (χ0) is 15.2. The van der Waals surface area contributed by atoms with E-state index < -0.39 is 5.97 Å².